The fourth-order valence-electron chi connectivity index (χ4n) is 2.95. The molecule has 3 aromatic heterocycles. The van der Waals surface area contributed by atoms with E-state index < -0.39 is 0 Å². The van der Waals surface area contributed by atoms with Gasteiger partial charge in [-0.15, -0.1) is 16.4 Å². The van der Waals surface area contributed by atoms with Gasteiger partial charge in [0.15, 0.2) is 5.69 Å². The minimum atomic E-state index is -0.0439. The van der Waals surface area contributed by atoms with Gasteiger partial charge in [0, 0.05) is 32.0 Å². The molecule has 1 saturated heterocycles. The summed E-state index contributed by atoms with van der Waals surface area (Å²) in [6, 6.07) is 9.51. The van der Waals surface area contributed by atoms with Crippen molar-refractivity contribution in [2.24, 2.45) is 0 Å². The van der Waals surface area contributed by atoms with Crippen LogP contribution in [-0.4, -0.2) is 50.4 Å². The fourth-order valence-corrected chi connectivity index (χ4v) is 3.64. The Labute approximate surface area is 155 Å². The second-order valence-corrected chi connectivity index (χ2v) is 7.21. The first kappa shape index (κ1) is 16.7. The molecule has 4 heterocycles. The second kappa shape index (κ2) is 7.25. The lowest BCUT2D eigenvalue weighted by Crippen LogP contribution is -2.42. The van der Waals surface area contributed by atoms with Gasteiger partial charge in [-0.05, 0) is 30.5 Å². The first-order chi connectivity index (χ1) is 12.7. The van der Waals surface area contributed by atoms with Crippen LogP contribution in [-0.2, 0) is 0 Å². The molecule has 7 nitrogen and oxygen atoms in total. The standard InChI is InChI=1S/C18H19N5O2S/c1-12-4-5-17(22-19-12)25-13-6-8-23(9-7-13)18(24)15-11-14(20-21-15)16-3-2-10-26-16/h2-5,10-11,13H,6-9H2,1H3,(H,20,21). The van der Waals surface area contributed by atoms with Crippen molar-refractivity contribution in [1.29, 1.82) is 0 Å². The first-order valence-corrected chi connectivity index (χ1v) is 9.42. The lowest BCUT2D eigenvalue weighted by atomic mass is 10.1. The zero-order valence-corrected chi connectivity index (χ0v) is 15.2. The molecule has 8 heteroatoms. The van der Waals surface area contributed by atoms with Gasteiger partial charge in [-0.1, -0.05) is 6.07 Å². The lowest BCUT2D eigenvalue weighted by molar-refractivity contribution is 0.0580. The number of likely N-dealkylation sites (tertiary alicyclic amines) is 1. The highest BCUT2D eigenvalue weighted by Gasteiger charge is 2.26. The number of aromatic amines is 1. The third-order valence-corrected chi connectivity index (χ3v) is 5.28. The van der Waals surface area contributed by atoms with Gasteiger partial charge < -0.3 is 9.64 Å². The Morgan fingerprint density at radius 3 is 2.81 bits per heavy atom. The average molecular weight is 369 g/mol. The average Bonchev–Trinajstić information content (AvgIpc) is 3.35. The normalized spacial score (nSPS) is 15.2. The van der Waals surface area contributed by atoms with E-state index in [0.717, 1.165) is 29.1 Å². The van der Waals surface area contributed by atoms with Gasteiger partial charge in [0.1, 0.15) is 6.10 Å². The lowest BCUT2D eigenvalue weighted by Gasteiger charge is -2.31. The van der Waals surface area contributed by atoms with Crippen molar-refractivity contribution in [2.75, 3.05) is 13.1 Å². The molecule has 0 bridgehead atoms. The van der Waals surface area contributed by atoms with Crippen molar-refractivity contribution < 1.29 is 9.53 Å². The number of nitrogens with one attached hydrogen (secondary N) is 1. The zero-order valence-electron chi connectivity index (χ0n) is 14.4. The smallest absolute Gasteiger partial charge is 0.274 e. The van der Waals surface area contributed by atoms with Crippen LogP contribution in [0, 0.1) is 6.92 Å². The monoisotopic (exact) mass is 369 g/mol. The number of rotatable bonds is 4. The van der Waals surface area contributed by atoms with Gasteiger partial charge in [-0.2, -0.15) is 10.2 Å². The van der Waals surface area contributed by atoms with Gasteiger partial charge in [-0.25, -0.2) is 0 Å². The Balaban J connectivity index is 1.34. The van der Waals surface area contributed by atoms with Gasteiger partial charge >= 0.3 is 0 Å². The quantitative estimate of drug-likeness (QED) is 0.764. The number of H-pyrrole nitrogens is 1. The molecule has 26 heavy (non-hydrogen) atoms. The number of hydrogen-bond acceptors (Lipinski definition) is 6. The second-order valence-electron chi connectivity index (χ2n) is 6.27. The summed E-state index contributed by atoms with van der Waals surface area (Å²) in [6.45, 7) is 3.17. The van der Waals surface area contributed by atoms with Gasteiger partial charge in [0.05, 0.1) is 16.3 Å². The Morgan fingerprint density at radius 2 is 2.12 bits per heavy atom. The van der Waals surface area contributed by atoms with Crippen LogP contribution in [0.2, 0.25) is 0 Å². The van der Waals surface area contributed by atoms with Crippen LogP contribution in [0.3, 0.4) is 0 Å². The zero-order chi connectivity index (χ0) is 17.9. The molecule has 1 aliphatic rings. The van der Waals surface area contributed by atoms with Crippen LogP contribution < -0.4 is 4.74 Å². The molecule has 1 fully saturated rings. The summed E-state index contributed by atoms with van der Waals surface area (Å²) in [4.78, 5) is 15.6. The fraction of sp³-hybridized carbons (Fsp3) is 0.333. The Bertz CT molecular complexity index is 867. The van der Waals surface area contributed by atoms with E-state index in [0.29, 0.717) is 24.7 Å². The van der Waals surface area contributed by atoms with Crippen LogP contribution in [0.1, 0.15) is 29.0 Å². The largest absolute Gasteiger partial charge is 0.473 e. The van der Waals surface area contributed by atoms with Gasteiger partial charge in [0.2, 0.25) is 5.88 Å². The van der Waals surface area contributed by atoms with E-state index in [1.54, 1.807) is 11.3 Å². The van der Waals surface area contributed by atoms with Crippen molar-refractivity contribution in [2.45, 2.75) is 25.9 Å². The summed E-state index contributed by atoms with van der Waals surface area (Å²) in [6.07, 6.45) is 1.59. The minimum absolute atomic E-state index is 0.0439. The van der Waals surface area contributed by atoms with E-state index in [2.05, 4.69) is 20.4 Å². The molecule has 134 valence electrons. The molecule has 0 spiro atoms. The number of aryl methyl sites for hydroxylation is 1. The van der Waals surface area contributed by atoms with E-state index in [-0.39, 0.29) is 12.0 Å². The topological polar surface area (TPSA) is 84.0 Å². The number of thiophene rings is 1. The molecule has 3 aromatic rings. The maximum Gasteiger partial charge on any atom is 0.274 e. The van der Waals surface area contributed by atoms with E-state index in [1.165, 1.54) is 0 Å². The van der Waals surface area contributed by atoms with Gasteiger partial charge in [-0.3, -0.25) is 9.89 Å². The molecule has 0 aromatic carbocycles. The number of piperidine rings is 1. The molecular weight excluding hydrogens is 350 g/mol. The minimum Gasteiger partial charge on any atom is -0.473 e. The Kier molecular flexibility index (Phi) is 4.66. The summed E-state index contributed by atoms with van der Waals surface area (Å²) in [5.74, 6) is 0.492. The van der Waals surface area contributed by atoms with Crippen LogP contribution >= 0.6 is 11.3 Å². The van der Waals surface area contributed by atoms with Crippen molar-refractivity contribution in [3.8, 4) is 16.5 Å². The Hall–Kier alpha value is -2.74. The van der Waals surface area contributed by atoms with Crippen molar-refractivity contribution in [1.82, 2.24) is 25.3 Å². The molecular formula is C18H19N5O2S. The maximum atomic E-state index is 12.7. The van der Waals surface area contributed by atoms with Crippen LogP contribution in [0.15, 0.2) is 35.7 Å². The third kappa shape index (κ3) is 3.60. The molecule has 0 atom stereocenters. The number of carbonyl (C=O) groups excluding carboxylic acids is 1. The van der Waals surface area contributed by atoms with Crippen molar-refractivity contribution in [3.63, 3.8) is 0 Å². The number of carbonyl (C=O) groups is 1. The molecule has 1 N–H and O–H groups in total. The molecule has 1 amide bonds. The van der Waals surface area contributed by atoms with E-state index >= 15 is 0 Å². The number of amides is 1. The molecule has 0 aliphatic carbocycles. The van der Waals surface area contributed by atoms with Crippen molar-refractivity contribution in [3.05, 3.63) is 47.1 Å². The van der Waals surface area contributed by atoms with Crippen LogP contribution in [0.25, 0.3) is 10.6 Å². The number of hydrogen-bond donors (Lipinski definition) is 1. The highest BCUT2D eigenvalue weighted by Crippen LogP contribution is 2.24. The van der Waals surface area contributed by atoms with Crippen LogP contribution in [0.5, 0.6) is 5.88 Å². The molecule has 4 rings (SSSR count). The summed E-state index contributed by atoms with van der Waals surface area (Å²) < 4.78 is 5.87. The highest BCUT2D eigenvalue weighted by molar-refractivity contribution is 7.13. The molecule has 0 radical (unpaired) electrons. The molecule has 0 saturated carbocycles. The molecule has 0 unspecified atom stereocenters. The SMILES string of the molecule is Cc1ccc(OC2CCN(C(=O)c3cc(-c4cccs4)[nH]n3)CC2)nn1. The summed E-state index contributed by atoms with van der Waals surface area (Å²) in [5.41, 5.74) is 2.19. The van der Waals surface area contributed by atoms with E-state index in [1.807, 2.05) is 47.5 Å². The summed E-state index contributed by atoms with van der Waals surface area (Å²) in [7, 11) is 0. The first-order valence-electron chi connectivity index (χ1n) is 8.54. The molecule has 1 aliphatic heterocycles. The Morgan fingerprint density at radius 1 is 1.27 bits per heavy atom. The number of ether oxygens (including phenoxy) is 1. The van der Waals surface area contributed by atoms with E-state index in [9.17, 15) is 4.79 Å². The van der Waals surface area contributed by atoms with E-state index in [4.69, 9.17) is 4.74 Å². The van der Waals surface area contributed by atoms with Crippen molar-refractivity contribution >= 4 is 17.2 Å². The number of nitrogens with zero attached hydrogens (tertiary/aromatic N) is 4. The predicted molar refractivity (Wildman–Crippen MR) is 98.2 cm³/mol. The summed E-state index contributed by atoms with van der Waals surface area (Å²) >= 11 is 1.61. The predicted octanol–water partition coefficient (Wildman–Crippen LogP) is 2.92. The third-order valence-electron chi connectivity index (χ3n) is 4.37. The highest BCUT2D eigenvalue weighted by atomic mass is 32.1. The van der Waals surface area contributed by atoms with Crippen LogP contribution in [0.4, 0.5) is 0 Å². The number of aromatic nitrogens is 4. The maximum absolute atomic E-state index is 12.7. The van der Waals surface area contributed by atoms with Gasteiger partial charge in [0.25, 0.3) is 5.91 Å². The summed E-state index contributed by atoms with van der Waals surface area (Å²) in [5, 5.41) is 17.2.